The molecule has 0 aromatic rings. The summed E-state index contributed by atoms with van der Waals surface area (Å²) < 4.78 is 0. The van der Waals surface area contributed by atoms with Crippen molar-refractivity contribution < 1.29 is 14.4 Å². The van der Waals surface area contributed by atoms with E-state index in [-0.39, 0.29) is 62.6 Å². The molecule has 0 aromatic heterocycles. The van der Waals surface area contributed by atoms with Crippen LogP contribution in [0, 0.1) is 56.2 Å². The summed E-state index contributed by atoms with van der Waals surface area (Å²) in [5, 5.41) is 13.2. The zero-order valence-corrected chi connectivity index (χ0v) is 24.0. The van der Waals surface area contributed by atoms with Crippen molar-refractivity contribution >= 4 is 17.5 Å². The first-order valence-electron chi connectivity index (χ1n) is 14.2. The first kappa shape index (κ1) is 26.4. The minimum Gasteiger partial charge on any atom is -0.351 e. The Balaban J connectivity index is 1.69. The number of Topliss-reactive ketones (excluding diaryl/α,β-unsaturated/α-hetero) is 1. The topological polar surface area (TPSA) is 87.0 Å². The molecule has 5 aliphatic carbocycles. The highest BCUT2D eigenvalue weighted by molar-refractivity contribution is 6.04. The van der Waals surface area contributed by atoms with E-state index in [0.29, 0.717) is 0 Å². The smallest absolute Gasteiger partial charge is 0.217 e. The average molecular weight is 505 g/mol. The van der Waals surface area contributed by atoms with E-state index in [1.54, 1.807) is 6.92 Å². The third kappa shape index (κ3) is 3.29. The van der Waals surface area contributed by atoms with Crippen molar-refractivity contribution in [2.45, 2.75) is 106 Å². The fourth-order valence-corrected chi connectivity index (χ4v) is 10.2. The summed E-state index contributed by atoms with van der Waals surface area (Å²) >= 11 is 0. The van der Waals surface area contributed by atoms with Gasteiger partial charge in [-0.1, -0.05) is 60.1 Å². The van der Waals surface area contributed by atoms with E-state index < -0.39 is 10.8 Å². The molecule has 0 aliphatic heterocycles. The minimum absolute atomic E-state index is 0.00435. The van der Waals surface area contributed by atoms with Crippen LogP contribution in [0.2, 0.25) is 0 Å². The van der Waals surface area contributed by atoms with E-state index >= 15 is 0 Å². The molecule has 3 fully saturated rings. The summed E-state index contributed by atoms with van der Waals surface area (Å²) in [5.74, 6) is 0.0916. The number of nitriles is 1. The Morgan fingerprint density at radius 2 is 1.65 bits per heavy atom. The van der Waals surface area contributed by atoms with Crippen molar-refractivity contribution in [3.63, 3.8) is 0 Å². The number of carbonyl (C=O) groups is 3. The van der Waals surface area contributed by atoms with Gasteiger partial charge < -0.3 is 5.32 Å². The van der Waals surface area contributed by atoms with Crippen LogP contribution in [-0.4, -0.2) is 23.0 Å². The molecule has 5 heteroatoms. The molecule has 3 saturated carbocycles. The Kier molecular flexibility index (Phi) is 5.47. The summed E-state index contributed by atoms with van der Waals surface area (Å²) in [6, 6.07) is 2.18. The zero-order chi connectivity index (χ0) is 27.4. The lowest BCUT2D eigenvalue weighted by atomic mass is 9.35. The molecule has 0 radical (unpaired) electrons. The van der Waals surface area contributed by atoms with Gasteiger partial charge in [0.05, 0.1) is 5.57 Å². The van der Waals surface area contributed by atoms with Gasteiger partial charge in [-0.05, 0) is 79.1 Å². The predicted molar refractivity (Wildman–Crippen MR) is 143 cm³/mol. The van der Waals surface area contributed by atoms with Gasteiger partial charge in [-0.15, -0.1) is 0 Å². The van der Waals surface area contributed by atoms with Gasteiger partial charge in [-0.3, -0.25) is 14.4 Å². The molecule has 1 unspecified atom stereocenters. The molecule has 5 rings (SSSR count). The first-order chi connectivity index (χ1) is 17.0. The molecule has 0 bridgehead atoms. The molecule has 0 saturated heterocycles. The Morgan fingerprint density at radius 1 is 1.00 bits per heavy atom. The second-order valence-electron chi connectivity index (χ2n) is 15.1. The molecule has 1 amide bonds. The average Bonchev–Trinajstić information content (AvgIpc) is 2.78. The maximum atomic E-state index is 14.4. The van der Waals surface area contributed by atoms with Gasteiger partial charge in [0.15, 0.2) is 11.6 Å². The van der Waals surface area contributed by atoms with Crippen LogP contribution in [0.3, 0.4) is 0 Å². The maximum Gasteiger partial charge on any atom is 0.217 e. The summed E-state index contributed by atoms with van der Waals surface area (Å²) in [4.78, 5) is 40.0. The molecule has 200 valence electrons. The second kappa shape index (κ2) is 7.67. The first-order valence-corrected chi connectivity index (χ1v) is 14.2. The van der Waals surface area contributed by atoms with E-state index in [1.807, 2.05) is 26.0 Å². The number of amides is 1. The number of allylic oxidation sites excluding steroid dienone is 4. The van der Waals surface area contributed by atoms with Crippen LogP contribution in [0.1, 0.15) is 100 Å². The molecule has 5 nitrogen and oxygen atoms in total. The van der Waals surface area contributed by atoms with Crippen molar-refractivity contribution in [2.24, 2.45) is 44.8 Å². The maximum absolute atomic E-state index is 14.4. The quantitative estimate of drug-likeness (QED) is 0.468. The van der Waals surface area contributed by atoms with Crippen LogP contribution >= 0.6 is 0 Å². The van der Waals surface area contributed by atoms with Crippen molar-refractivity contribution in [1.82, 2.24) is 5.32 Å². The number of hydrogen-bond donors (Lipinski definition) is 1. The molecule has 0 heterocycles. The highest BCUT2D eigenvalue weighted by atomic mass is 16.1. The normalized spacial score (nSPS) is 45.6. The van der Waals surface area contributed by atoms with Crippen LogP contribution in [-0.2, 0) is 14.4 Å². The van der Waals surface area contributed by atoms with Gasteiger partial charge in [-0.25, -0.2) is 0 Å². The van der Waals surface area contributed by atoms with Gasteiger partial charge in [0, 0.05) is 29.2 Å². The Hall–Kier alpha value is -2.22. The van der Waals surface area contributed by atoms with E-state index in [9.17, 15) is 19.6 Å². The number of nitrogens with zero attached hydrogens (tertiary/aromatic N) is 1. The Bertz CT molecular complexity index is 1200. The van der Waals surface area contributed by atoms with Crippen LogP contribution in [0.15, 0.2) is 23.3 Å². The van der Waals surface area contributed by atoms with Crippen molar-refractivity contribution in [2.75, 3.05) is 0 Å². The fourth-order valence-electron chi connectivity index (χ4n) is 10.2. The van der Waals surface area contributed by atoms with Gasteiger partial charge >= 0.3 is 0 Å². The zero-order valence-electron chi connectivity index (χ0n) is 24.0. The second-order valence-corrected chi connectivity index (χ2v) is 15.1. The number of ketones is 2. The lowest BCUT2D eigenvalue weighted by Crippen LogP contribution is -2.69. The van der Waals surface area contributed by atoms with Crippen LogP contribution in [0.5, 0.6) is 0 Å². The molecular weight excluding hydrogens is 460 g/mol. The third-order valence-electron chi connectivity index (χ3n) is 12.3. The molecule has 7 atom stereocenters. The third-order valence-corrected chi connectivity index (χ3v) is 12.3. The molecular formula is C32H44N2O3. The highest BCUT2D eigenvalue weighted by Crippen LogP contribution is 2.73. The minimum atomic E-state index is -0.655. The molecule has 5 aliphatic rings. The molecule has 0 aromatic carbocycles. The van der Waals surface area contributed by atoms with Gasteiger partial charge in [0.25, 0.3) is 0 Å². The highest BCUT2D eigenvalue weighted by Gasteiger charge is 2.69. The fraction of sp³-hybridized carbons (Fsp3) is 0.750. The van der Waals surface area contributed by atoms with Crippen molar-refractivity contribution in [3.05, 3.63) is 23.3 Å². The number of hydrogen-bond acceptors (Lipinski definition) is 4. The van der Waals surface area contributed by atoms with Crippen molar-refractivity contribution in [3.8, 4) is 6.07 Å². The molecule has 37 heavy (non-hydrogen) atoms. The number of nitrogens with one attached hydrogen (secondary N) is 1. The summed E-state index contributed by atoms with van der Waals surface area (Å²) in [6.45, 7) is 17.0. The van der Waals surface area contributed by atoms with Gasteiger partial charge in [0.1, 0.15) is 6.07 Å². The molecule has 0 spiro atoms. The molecule has 1 N–H and O–H groups in total. The van der Waals surface area contributed by atoms with E-state index in [4.69, 9.17) is 0 Å². The monoisotopic (exact) mass is 504 g/mol. The number of rotatable bonds is 1. The lowest BCUT2D eigenvalue weighted by Gasteiger charge is -2.69. The van der Waals surface area contributed by atoms with E-state index in [1.165, 1.54) is 0 Å². The predicted octanol–water partition coefficient (Wildman–Crippen LogP) is 6.09. The summed E-state index contributed by atoms with van der Waals surface area (Å²) in [5.41, 5.74) is -0.501. The van der Waals surface area contributed by atoms with Crippen LogP contribution in [0.25, 0.3) is 0 Å². The summed E-state index contributed by atoms with van der Waals surface area (Å²) in [6.07, 6.45) is 10.3. The Labute approximate surface area is 222 Å². The van der Waals surface area contributed by atoms with Gasteiger partial charge in [0.2, 0.25) is 5.91 Å². The lowest BCUT2D eigenvalue weighted by molar-refractivity contribution is -0.163. The standard InChI is InChI=1S/C32H44N2O3/c1-19(35)34-32-13-11-27(2,3)17-21(32)25-22(36)15-24-29(6)16-20(18-33)26(37)28(4,5)23(29)9-10-30(24,7)31(25,8)12-14-32/h15-16,21,23,25H,9-14,17H2,1-8H3,(H,34,35)/t21-,23?,25-,29-,30+,31+,32-/m0/s1. The van der Waals surface area contributed by atoms with E-state index in [2.05, 4.69) is 46.0 Å². The van der Waals surface area contributed by atoms with Gasteiger partial charge in [-0.2, -0.15) is 5.26 Å². The van der Waals surface area contributed by atoms with Crippen LogP contribution < -0.4 is 5.32 Å². The van der Waals surface area contributed by atoms with Crippen LogP contribution in [0.4, 0.5) is 0 Å². The van der Waals surface area contributed by atoms with E-state index in [0.717, 1.165) is 50.5 Å². The number of fused-ring (bicyclic) bond motifs is 7. The van der Waals surface area contributed by atoms with Crippen molar-refractivity contribution in [1.29, 1.82) is 5.26 Å². The SMILES string of the molecule is CC(=O)N[C@]12CCC(C)(C)C[C@H]1[C@H]1C(=O)C=C3[C@@]4(C)C=C(C#N)C(=O)C(C)(C)C4CC[C@@]3(C)[C@]1(C)CC2. The number of carbonyl (C=O) groups excluding carboxylic acids is 3. The Morgan fingerprint density at radius 3 is 2.27 bits per heavy atom. The summed E-state index contributed by atoms with van der Waals surface area (Å²) in [7, 11) is 0. The largest absolute Gasteiger partial charge is 0.351 e.